The molecule has 20 heavy (non-hydrogen) atoms. The van der Waals surface area contributed by atoms with E-state index in [0.29, 0.717) is 13.0 Å². The largest absolute Gasteiger partial charge is 0.481 e. The van der Waals surface area contributed by atoms with Gasteiger partial charge in [0.2, 0.25) is 0 Å². The molecule has 0 aromatic rings. The summed E-state index contributed by atoms with van der Waals surface area (Å²) in [6, 6.07) is -0.659. The van der Waals surface area contributed by atoms with Crippen molar-refractivity contribution in [2.45, 2.75) is 39.7 Å². The topological polar surface area (TPSA) is 78.4 Å². The van der Waals surface area contributed by atoms with Gasteiger partial charge in [0.1, 0.15) is 0 Å². The monoisotopic (exact) mass is 302 g/mol. The molecule has 0 aliphatic rings. The molecule has 3 N–H and O–H groups in total. The van der Waals surface area contributed by atoms with Crippen LogP contribution < -0.4 is 10.6 Å². The first-order valence-electron chi connectivity index (χ1n) is 6.69. The van der Waals surface area contributed by atoms with E-state index in [4.69, 9.17) is 5.11 Å². The Morgan fingerprint density at radius 2 is 2.05 bits per heavy atom. The van der Waals surface area contributed by atoms with Crippen LogP contribution in [0.5, 0.6) is 0 Å². The van der Waals surface area contributed by atoms with Gasteiger partial charge in [-0.2, -0.15) is 11.8 Å². The van der Waals surface area contributed by atoms with E-state index < -0.39 is 5.97 Å². The number of hydrogen-bond donors (Lipinski definition) is 3. The average molecular weight is 302 g/mol. The highest BCUT2D eigenvalue weighted by Gasteiger charge is 2.22. The van der Waals surface area contributed by atoms with Crippen LogP contribution in [0.3, 0.4) is 0 Å². The van der Waals surface area contributed by atoms with Crippen LogP contribution in [-0.4, -0.2) is 41.2 Å². The predicted octanol–water partition coefficient (Wildman–Crippen LogP) is 2.48. The van der Waals surface area contributed by atoms with Gasteiger partial charge in [-0.25, -0.2) is 4.79 Å². The van der Waals surface area contributed by atoms with Crippen LogP contribution in [0.2, 0.25) is 0 Å². The molecule has 0 saturated carbocycles. The Labute approximate surface area is 125 Å². The molecule has 0 aliphatic carbocycles. The SMILES string of the molecule is C=CCSCCNC(=O)NC(CC(=O)O)CC(C)(C)C. The number of carbonyl (C=O) groups is 2. The summed E-state index contributed by atoms with van der Waals surface area (Å²) in [5.41, 5.74) is -0.0345. The van der Waals surface area contributed by atoms with Gasteiger partial charge in [0.25, 0.3) is 0 Å². The van der Waals surface area contributed by atoms with Gasteiger partial charge in [-0.05, 0) is 11.8 Å². The minimum Gasteiger partial charge on any atom is -0.481 e. The van der Waals surface area contributed by atoms with Crippen molar-refractivity contribution in [3.63, 3.8) is 0 Å². The molecule has 0 fully saturated rings. The van der Waals surface area contributed by atoms with Crippen LogP contribution in [0.15, 0.2) is 12.7 Å². The van der Waals surface area contributed by atoms with Crippen molar-refractivity contribution in [3.8, 4) is 0 Å². The van der Waals surface area contributed by atoms with E-state index in [-0.39, 0.29) is 23.9 Å². The summed E-state index contributed by atoms with van der Waals surface area (Å²) >= 11 is 1.68. The molecule has 2 amide bonds. The highest BCUT2D eigenvalue weighted by Crippen LogP contribution is 2.22. The van der Waals surface area contributed by atoms with Gasteiger partial charge in [0, 0.05) is 24.1 Å². The maximum absolute atomic E-state index is 11.7. The number of nitrogens with one attached hydrogen (secondary N) is 2. The zero-order valence-corrected chi connectivity index (χ0v) is 13.4. The smallest absolute Gasteiger partial charge is 0.315 e. The number of rotatable bonds is 9. The third-order valence-electron chi connectivity index (χ3n) is 2.38. The van der Waals surface area contributed by atoms with Crippen molar-refractivity contribution in [2.75, 3.05) is 18.1 Å². The van der Waals surface area contributed by atoms with Crippen LogP contribution >= 0.6 is 11.8 Å². The molecule has 116 valence electrons. The summed E-state index contributed by atoms with van der Waals surface area (Å²) in [4.78, 5) is 22.5. The molecule has 1 unspecified atom stereocenters. The van der Waals surface area contributed by atoms with Gasteiger partial charge in [0.15, 0.2) is 0 Å². The summed E-state index contributed by atoms with van der Waals surface area (Å²) < 4.78 is 0. The fourth-order valence-corrected chi connectivity index (χ4v) is 2.34. The first-order valence-corrected chi connectivity index (χ1v) is 7.85. The maximum atomic E-state index is 11.7. The average Bonchev–Trinajstić information content (AvgIpc) is 2.25. The van der Waals surface area contributed by atoms with Crippen molar-refractivity contribution in [2.24, 2.45) is 5.41 Å². The van der Waals surface area contributed by atoms with E-state index in [1.165, 1.54) is 0 Å². The van der Waals surface area contributed by atoms with Crippen molar-refractivity contribution in [1.82, 2.24) is 10.6 Å². The molecule has 1 atom stereocenters. The second-order valence-electron chi connectivity index (χ2n) is 5.82. The van der Waals surface area contributed by atoms with E-state index in [2.05, 4.69) is 17.2 Å². The highest BCUT2D eigenvalue weighted by molar-refractivity contribution is 7.99. The van der Waals surface area contributed by atoms with Gasteiger partial charge in [-0.1, -0.05) is 26.8 Å². The Morgan fingerprint density at radius 1 is 1.40 bits per heavy atom. The summed E-state index contributed by atoms with van der Waals surface area (Å²) in [7, 11) is 0. The third-order valence-corrected chi connectivity index (χ3v) is 3.35. The fourth-order valence-electron chi connectivity index (χ4n) is 1.76. The first kappa shape index (κ1) is 18.8. The van der Waals surface area contributed by atoms with Gasteiger partial charge in [-0.15, -0.1) is 6.58 Å². The lowest BCUT2D eigenvalue weighted by atomic mass is 9.87. The number of aliphatic carboxylic acids is 1. The zero-order valence-electron chi connectivity index (χ0n) is 12.6. The van der Waals surface area contributed by atoms with Crippen LogP contribution in [0.1, 0.15) is 33.6 Å². The Hall–Kier alpha value is -1.17. The first-order chi connectivity index (χ1) is 9.24. The van der Waals surface area contributed by atoms with Crippen molar-refractivity contribution in [1.29, 1.82) is 0 Å². The molecule has 0 aromatic heterocycles. The number of urea groups is 1. The summed E-state index contributed by atoms with van der Waals surface area (Å²) in [5.74, 6) is 0.762. The van der Waals surface area contributed by atoms with E-state index >= 15 is 0 Å². The van der Waals surface area contributed by atoms with Crippen molar-refractivity contribution in [3.05, 3.63) is 12.7 Å². The second-order valence-corrected chi connectivity index (χ2v) is 6.97. The lowest BCUT2D eigenvalue weighted by molar-refractivity contribution is -0.137. The van der Waals surface area contributed by atoms with Gasteiger partial charge in [-0.3, -0.25) is 4.79 Å². The molecule has 6 heteroatoms. The molecule has 0 aromatic carbocycles. The van der Waals surface area contributed by atoms with Crippen molar-refractivity contribution < 1.29 is 14.7 Å². The number of carboxylic acids is 1. The van der Waals surface area contributed by atoms with E-state index in [1.54, 1.807) is 11.8 Å². The summed E-state index contributed by atoms with van der Waals surface area (Å²) in [6.45, 7) is 10.2. The Morgan fingerprint density at radius 3 is 2.55 bits per heavy atom. The third kappa shape index (κ3) is 11.9. The lowest BCUT2D eigenvalue weighted by Crippen LogP contribution is -2.45. The number of carbonyl (C=O) groups excluding carboxylic acids is 1. The van der Waals surface area contributed by atoms with Gasteiger partial charge in [0.05, 0.1) is 6.42 Å². The number of carboxylic acid groups (broad SMARTS) is 1. The van der Waals surface area contributed by atoms with E-state index in [1.807, 2.05) is 26.8 Å². The van der Waals surface area contributed by atoms with Gasteiger partial charge < -0.3 is 15.7 Å². The Kier molecular flexibility index (Phi) is 9.12. The fraction of sp³-hybridized carbons (Fsp3) is 0.714. The van der Waals surface area contributed by atoms with Crippen LogP contribution in [0.25, 0.3) is 0 Å². The lowest BCUT2D eigenvalue weighted by Gasteiger charge is -2.25. The quantitative estimate of drug-likeness (QED) is 0.451. The second kappa shape index (κ2) is 9.69. The number of amides is 2. The normalized spacial score (nSPS) is 12.6. The molecule has 0 saturated heterocycles. The highest BCUT2D eigenvalue weighted by atomic mass is 32.2. The maximum Gasteiger partial charge on any atom is 0.315 e. The minimum absolute atomic E-state index is 0.0345. The summed E-state index contributed by atoms with van der Waals surface area (Å²) in [5, 5.41) is 14.4. The molecule has 0 rings (SSSR count). The predicted molar refractivity (Wildman–Crippen MR) is 84.2 cm³/mol. The number of hydrogen-bond acceptors (Lipinski definition) is 3. The Balaban J connectivity index is 4.11. The van der Waals surface area contributed by atoms with Crippen molar-refractivity contribution >= 4 is 23.8 Å². The van der Waals surface area contributed by atoms with Crippen LogP contribution in [0.4, 0.5) is 4.79 Å². The molecule has 0 spiro atoms. The molecule has 5 nitrogen and oxygen atoms in total. The minimum atomic E-state index is -0.902. The van der Waals surface area contributed by atoms with E-state index in [9.17, 15) is 9.59 Å². The van der Waals surface area contributed by atoms with E-state index in [0.717, 1.165) is 11.5 Å². The van der Waals surface area contributed by atoms with Gasteiger partial charge >= 0.3 is 12.0 Å². The van der Waals surface area contributed by atoms with Crippen LogP contribution in [-0.2, 0) is 4.79 Å². The zero-order chi connectivity index (χ0) is 15.6. The molecule has 0 aliphatic heterocycles. The molecule has 0 bridgehead atoms. The Bertz CT molecular complexity index is 327. The number of thioether (sulfide) groups is 1. The van der Waals surface area contributed by atoms with Crippen LogP contribution in [0, 0.1) is 5.41 Å². The molecular weight excluding hydrogens is 276 g/mol. The molecule has 0 heterocycles. The standard InChI is InChI=1S/C14H26N2O3S/c1-5-7-20-8-6-15-13(19)16-11(9-12(17)18)10-14(2,3)4/h5,11H,1,6-10H2,2-4H3,(H,17,18)(H2,15,16,19). The molecular formula is C14H26N2O3S. The molecule has 0 radical (unpaired) electrons. The summed E-state index contributed by atoms with van der Waals surface area (Å²) in [6.07, 6.45) is 2.38.